The van der Waals surface area contributed by atoms with Crippen LogP contribution in [0.15, 0.2) is 41.1 Å². The second kappa shape index (κ2) is 5.74. The average molecular weight is 273 g/mol. The first-order chi connectivity index (χ1) is 8.40. The van der Waals surface area contributed by atoms with Crippen LogP contribution in [0.3, 0.4) is 0 Å². The molecule has 1 aromatic rings. The van der Waals surface area contributed by atoms with Crippen LogP contribution in [0, 0.1) is 0 Å². The van der Waals surface area contributed by atoms with Crippen LogP contribution >= 0.6 is 0 Å². The fraction of sp³-hybridized carbons (Fsp3) is 0.182. The zero-order chi connectivity index (χ0) is 13.8. The van der Waals surface area contributed by atoms with Crippen LogP contribution in [0.1, 0.15) is 10.4 Å². The topological polar surface area (TPSA) is 97.5 Å². The van der Waals surface area contributed by atoms with Crippen molar-refractivity contribution in [3.63, 3.8) is 0 Å². The van der Waals surface area contributed by atoms with Crippen LogP contribution in [0.25, 0.3) is 0 Å². The summed E-state index contributed by atoms with van der Waals surface area (Å²) in [6.07, 6.45) is 0.170. The van der Waals surface area contributed by atoms with Gasteiger partial charge < -0.3 is 10.8 Å². The van der Waals surface area contributed by atoms with Gasteiger partial charge in [0.2, 0.25) is 0 Å². The molecule has 18 heavy (non-hydrogen) atoms. The Morgan fingerprint density at radius 1 is 1.33 bits per heavy atom. The lowest BCUT2D eigenvalue weighted by Gasteiger charge is -2.05. The number of aromatic carboxylic acids is 1. The van der Waals surface area contributed by atoms with Gasteiger partial charge in [0.05, 0.1) is 22.5 Å². The normalized spacial score (nSPS) is 12.4. The predicted octanol–water partition coefficient (Wildman–Crippen LogP) is 0.971. The molecule has 0 aliphatic carbocycles. The van der Waals surface area contributed by atoms with E-state index in [9.17, 15) is 17.6 Å². The van der Waals surface area contributed by atoms with Crippen molar-refractivity contribution in [3.8, 4) is 0 Å². The smallest absolute Gasteiger partial charge is 0.335 e. The number of hydrogen-bond donors (Lipinski definition) is 2. The van der Waals surface area contributed by atoms with Crippen LogP contribution < -0.4 is 5.73 Å². The highest BCUT2D eigenvalue weighted by Gasteiger charge is 2.17. The van der Waals surface area contributed by atoms with Crippen molar-refractivity contribution in [2.24, 2.45) is 5.73 Å². The Kier molecular flexibility index (Phi) is 4.57. The third kappa shape index (κ3) is 3.38. The zero-order valence-corrected chi connectivity index (χ0v) is 10.2. The molecule has 0 heterocycles. The van der Waals surface area contributed by atoms with Gasteiger partial charge >= 0.3 is 5.97 Å². The molecule has 0 aromatic heterocycles. The van der Waals surface area contributed by atoms with Gasteiger partial charge in [0.15, 0.2) is 9.84 Å². The first kappa shape index (κ1) is 14.3. The largest absolute Gasteiger partial charge is 0.478 e. The first-order valence-corrected chi connectivity index (χ1v) is 6.60. The van der Waals surface area contributed by atoms with Gasteiger partial charge in [-0.25, -0.2) is 17.6 Å². The highest BCUT2D eigenvalue weighted by molar-refractivity contribution is 7.91. The summed E-state index contributed by atoms with van der Waals surface area (Å²) in [5.74, 6) is -1.67. The number of hydrogen-bond acceptors (Lipinski definition) is 4. The van der Waals surface area contributed by atoms with E-state index in [2.05, 4.69) is 0 Å². The van der Waals surface area contributed by atoms with E-state index in [1.807, 2.05) is 0 Å². The van der Waals surface area contributed by atoms with Gasteiger partial charge in [-0.05, 0) is 29.8 Å². The predicted molar refractivity (Wildman–Crippen MR) is 63.7 cm³/mol. The number of carbonyl (C=O) groups is 1. The van der Waals surface area contributed by atoms with Crippen molar-refractivity contribution >= 4 is 15.8 Å². The average Bonchev–Trinajstić information content (AvgIpc) is 2.36. The maximum Gasteiger partial charge on any atom is 0.335 e. The Labute approximate surface area is 104 Å². The Hall–Kier alpha value is -1.73. The molecule has 7 heteroatoms. The molecule has 0 bridgehead atoms. The molecule has 0 spiro atoms. The molecule has 1 rings (SSSR count). The van der Waals surface area contributed by atoms with Crippen LogP contribution in [0.2, 0.25) is 0 Å². The molecule has 0 radical (unpaired) electrons. The van der Waals surface area contributed by atoms with Crippen molar-refractivity contribution in [1.82, 2.24) is 0 Å². The number of sulfone groups is 1. The molecular formula is C11H12FNO4S. The standard InChI is InChI=1S/C11H12FNO4S/c12-5-8(6-13)7-18(16,17)10-3-1-9(2-4-10)11(14)15/h1-5H,6-7,13H2,(H,14,15). The molecule has 0 amide bonds. The Morgan fingerprint density at radius 2 is 1.89 bits per heavy atom. The molecule has 0 saturated heterocycles. The first-order valence-electron chi connectivity index (χ1n) is 4.95. The zero-order valence-electron chi connectivity index (χ0n) is 9.34. The molecule has 98 valence electrons. The van der Waals surface area contributed by atoms with E-state index in [-0.39, 0.29) is 28.9 Å². The number of halogens is 1. The summed E-state index contributed by atoms with van der Waals surface area (Å²) in [5.41, 5.74) is 5.12. The highest BCUT2D eigenvalue weighted by Crippen LogP contribution is 2.15. The minimum absolute atomic E-state index is 0.0194. The van der Waals surface area contributed by atoms with Crippen LogP contribution in [-0.2, 0) is 9.84 Å². The van der Waals surface area contributed by atoms with Gasteiger partial charge in [-0.3, -0.25) is 0 Å². The molecule has 1 aromatic carbocycles. The number of rotatable bonds is 5. The maximum atomic E-state index is 12.3. The van der Waals surface area contributed by atoms with Crippen molar-refractivity contribution in [1.29, 1.82) is 0 Å². The van der Waals surface area contributed by atoms with Gasteiger partial charge in [-0.2, -0.15) is 0 Å². The van der Waals surface area contributed by atoms with Crippen molar-refractivity contribution in [2.75, 3.05) is 12.3 Å². The summed E-state index contributed by atoms with van der Waals surface area (Å²) in [6.45, 7) is -0.192. The summed E-state index contributed by atoms with van der Waals surface area (Å²) < 4.78 is 36.0. The van der Waals surface area contributed by atoms with Crippen molar-refractivity contribution in [3.05, 3.63) is 41.7 Å². The van der Waals surface area contributed by atoms with Crippen molar-refractivity contribution in [2.45, 2.75) is 4.90 Å². The van der Waals surface area contributed by atoms with Crippen LogP contribution in [0.4, 0.5) is 4.39 Å². The summed E-state index contributed by atoms with van der Waals surface area (Å²) >= 11 is 0. The van der Waals surface area contributed by atoms with E-state index in [1.54, 1.807) is 0 Å². The van der Waals surface area contributed by atoms with Crippen LogP contribution in [0.5, 0.6) is 0 Å². The second-order valence-corrected chi connectivity index (χ2v) is 5.55. The van der Waals surface area contributed by atoms with Crippen LogP contribution in [-0.4, -0.2) is 31.8 Å². The minimum atomic E-state index is -3.71. The van der Waals surface area contributed by atoms with E-state index in [1.165, 1.54) is 24.3 Å². The number of nitrogens with two attached hydrogens (primary N) is 1. The van der Waals surface area contributed by atoms with Crippen molar-refractivity contribution < 1.29 is 22.7 Å². The maximum absolute atomic E-state index is 12.3. The highest BCUT2D eigenvalue weighted by atomic mass is 32.2. The molecule has 0 unspecified atom stereocenters. The third-order valence-electron chi connectivity index (χ3n) is 2.25. The lowest BCUT2D eigenvalue weighted by atomic mass is 10.2. The molecule has 0 fully saturated rings. The van der Waals surface area contributed by atoms with E-state index in [0.717, 1.165) is 0 Å². The Bertz CT molecular complexity index is 563. The number of carboxylic acids is 1. The van der Waals surface area contributed by atoms with E-state index >= 15 is 0 Å². The molecular weight excluding hydrogens is 261 g/mol. The molecule has 0 atom stereocenters. The molecule has 0 aliphatic rings. The summed E-state index contributed by atoms with van der Waals surface area (Å²) in [6, 6.07) is 4.70. The lowest BCUT2D eigenvalue weighted by Crippen LogP contribution is -2.15. The minimum Gasteiger partial charge on any atom is -0.478 e. The molecule has 5 nitrogen and oxygen atoms in total. The SMILES string of the molecule is NCC(=CF)CS(=O)(=O)c1ccc(C(=O)O)cc1. The van der Waals surface area contributed by atoms with Gasteiger partial charge in [0.1, 0.15) is 0 Å². The fourth-order valence-electron chi connectivity index (χ4n) is 1.27. The lowest BCUT2D eigenvalue weighted by molar-refractivity contribution is 0.0696. The summed E-state index contributed by atoms with van der Waals surface area (Å²) in [5, 5.41) is 8.68. The quantitative estimate of drug-likeness (QED) is 0.833. The fourth-order valence-corrected chi connectivity index (χ4v) is 2.65. The van der Waals surface area contributed by atoms with E-state index in [0.29, 0.717) is 0 Å². The number of benzene rings is 1. The van der Waals surface area contributed by atoms with Gasteiger partial charge in [0, 0.05) is 6.54 Å². The van der Waals surface area contributed by atoms with Gasteiger partial charge in [-0.1, -0.05) is 0 Å². The third-order valence-corrected chi connectivity index (χ3v) is 3.99. The number of carboxylic acid groups (broad SMARTS) is 1. The molecule has 3 N–H and O–H groups in total. The second-order valence-electron chi connectivity index (χ2n) is 3.56. The Balaban J connectivity index is 3.02. The molecule has 0 aliphatic heterocycles. The molecule has 0 saturated carbocycles. The summed E-state index contributed by atoms with van der Waals surface area (Å²) in [7, 11) is -3.71. The van der Waals surface area contributed by atoms with Gasteiger partial charge in [0.25, 0.3) is 0 Å². The van der Waals surface area contributed by atoms with E-state index in [4.69, 9.17) is 10.8 Å². The Morgan fingerprint density at radius 3 is 2.28 bits per heavy atom. The van der Waals surface area contributed by atoms with Gasteiger partial charge in [-0.15, -0.1) is 0 Å². The summed E-state index contributed by atoms with van der Waals surface area (Å²) in [4.78, 5) is 10.5. The monoisotopic (exact) mass is 273 g/mol. The van der Waals surface area contributed by atoms with E-state index < -0.39 is 21.6 Å².